The molecule has 0 aliphatic heterocycles. The van der Waals surface area contributed by atoms with Crippen molar-refractivity contribution in [1.82, 2.24) is 5.43 Å². The highest BCUT2D eigenvalue weighted by atomic mass is 16.5. The van der Waals surface area contributed by atoms with Crippen LogP contribution in [-0.2, 0) is 4.79 Å². The molecule has 2 rings (SSSR count). The second-order valence-corrected chi connectivity index (χ2v) is 4.47. The van der Waals surface area contributed by atoms with Gasteiger partial charge in [0.05, 0.1) is 11.8 Å². The lowest BCUT2D eigenvalue weighted by atomic mass is 10.2. The maximum atomic E-state index is 11.8. The van der Waals surface area contributed by atoms with E-state index in [0.29, 0.717) is 11.3 Å². The van der Waals surface area contributed by atoms with E-state index in [1.807, 2.05) is 0 Å². The number of phenols is 1. The zero-order chi connectivity index (χ0) is 16.7. The van der Waals surface area contributed by atoms with Crippen molar-refractivity contribution in [3.05, 3.63) is 59.7 Å². The largest absolute Gasteiger partial charge is 0.507 e. The van der Waals surface area contributed by atoms with Crippen LogP contribution in [-0.4, -0.2) is 34.9 Å². The van der Waals surface area contributed by atoms with Gasteiger partial charge in [-0.1, -0.05) is 12.1 Å². The van der Waals surface area contributed by atoms with Gasteiger partial charge in [0, 0.05) is 0 Å². The molecule has 3 N–H and O–H groups in total. The van der Waals surface area contributed by atoms with Crippen LogP contribution in [0, 0.1) is 0 Å². The number of nitrogens with zero attached hydrogens (tertiary/aromatic N) is 1. The molecule has 23 heavy (non-hydrogen) atoms. The third-order valence-corrected chi connectivity index (χ3v) is 2.77. The molecule has 0 spiro atoms. The summed E-state index contributed by atoms with van der Waals surface area (Å²) >= 11 is 0. The number of aliphatic carboxylic acids is 1. The molecule has 2 aromatic carbocycles. The fourth-order valence-electron chi connectivity index (χ4n) is 1.69. The summed E-state index contributed by atoms with van der Waals surface area (Å²) in [4.78, 5) is 22.2. The number of nitrogens with one attached hydrogen (secondary N) is 1. The molecule has 0 saturated carbocycles. The van der Waals surface area contributed by atoms with E-state index in [4.69, 9.17) is 9.84 Å². The van der Waals surface area contributed by atoms with E-state index in [0.717, 1.165) is 0 Å². The summed E-state index contributed by atoms with van der Waals surface area (Å²) in [6, 6.07) is 12.6. The summed E-state index contributed by atoms with van der Waals surface area (Å²) in [6.45, 7) is -0.413. The molecule has 0 unspecified atom stereocenters. The first-order chi connectivity index (χ1) is 11.1. The van der Waals surface area contributed by atoms with Gasteiger partial charge in [-0.25, -0.2) is 10.2 Å². The number of carboxylic acid groups (broad SMARTS) is 1. The van der Waals surface area contributed by atoms with Crippen molar-refractivity contribution in [2.24, 2.45) is 5.10 Å². The first-order valence-electron chi connectivity index (χ1n) is 6.62. The quantitative estimate of drug-likeness (QED) is 0.554. The van der Waals surface area contributed by atoms with Gasteiger partial charge in [-0.2, -0.15) is 5.10 Å². The van der Waals surface area contributed by atoms with Gasteiger partial charge in [0.25, 0.3) is 5.91 Å². The average Bonchev–Trinajstić information content (AvgIpc) is 2.54. The normalized spacial score (nSPS) is 10.4. The summed E-state index contributed by atoms with van der Waals surface area (Å²) in [5.74, 6) is -1.29. The number of hydrogen-bond donors (Lipinski definition) is 3. The number of hydrazone groups is 1. The molecule has 0 atom stereocenters. The fraction of sp³-hybridized carbons (Fsp3) is 0.0625. The maximum Gasteiger partial charge on any atom is 0.341 e. The number of amides is 1. The Morgan fingerprint density at radius 1 is 1.13 bits per heavy atom. The molecule has 1 amide bonds. The number of aromatic hydroxyl groups is 1. The van der Waals surface area contributed by atoms with Gasteiger partial charge in [0.15, 0.2) is 6.61 Å². The lowest BCUT2D eigenvalue weighted by Gasteiger charge is -2.03. The smallest absolute Gasteiger partial charge is 0.341 e. The zero-order valence-electron chi connectivity index (χ0n) is 12.0. The molecule has 0 aliphatic rings. The van der Waals surface area contributed by atoms with Crippen LogP contribution in [0.3, 0.4) is 0 Å². The highest BCUT2D eigenvalue weighted by Crippen LogP contribution is 2.15. The monoisotopic (exact) mass is 314 g/mol. The van der Waals surface area contributed by atoms with Crippen molar-refractivity contribution >= 4 is 18.1 Å². The lowest BCUT2D eigenvalue weighted by Crippen LogP contribution is -2.17. The second kappa shape index (κ2) is 7.60. The van der Waals surface area contributed by atoms with Gasteiger partial charge in [-0.3, -0.25) is 4.79 Å². The third-order valence-electron chi connectivity index (χ3n) is 2.77. The van der Waals surface area contributed by atoms with Gasteiger partial charge in [-0.05, 0) is 42.0 Å². The molecule has 0 aliphatic carbocycles. The molecular weight excluding hydrogens is 300 g/mol. The summed E-state index contributed by atoms with van der Waals surface area (Å²) in [5, 5.41) is 21.8. The molecule has 7 nitrogen and oxygen atoms in total. The van der Waals surface area contributed by atoms with Gasteiger partial charge < -0.3 is 14.9 Å². The van der Waals surface area contributed by atoms with E-state index >= 15 is 0 Å². The average molecular weight is 314 g/mol. The van der Waals surface area contributed by atoms with E-state index in [9.17, 15) is 14.7 Å². The number of hydrogen-bond acceptors (Lipinski definition) is 5. The number of para-hydroxylation sites is 1. The van der Waals surface area contributed by atoms with E-state index in [2.05, 4.69) is 10.5 Å². The zero-order valence-corrected chi connectivity index (χ0v) is 12.0. The van der Waals surface area contributed by atoms with E-state index in [1.54, 1.807) is 36.4 Å². The molecule has 2 aromatic rings. The predicted molar refractivity (Wildman–Crippen MR) is 82.7 cm³/mol. The van der Waals surface area contributed by atoms with Crippen LogP contribution in [0.15, 0.2) is 53.6 Å². The van der Waals surface area contributed by atoms with Crippen LogP contribution >= 0.6 is 0 Å². The minimum Gasteiger partial charge on any atom is -0.507 e. The molecule has 0 saturated heterocycles. The minimum atomic E-state index is -1.05. The Bertz CT molecular complexity index is 726. The third kappa shape index (κ3) is 4.85. The predicted octanol–water partition coefficient (Wildman–Crippen LogP) is 1.62. The number of benzene rings is 2. The Labute approximate surface area is 131 Å². The number of carboxylic acids is 1. The van der Waals surface area contributed by atoms with Crippen LogP contribution in [0.2, 0.25) is 0 Å². The van der Waals surface area contributed by atoms with Crippen LogP contribution in [0.25, 0.3) is 0 Å². The molecule has 7 heteroatoms. The first-order valence-corrected chi connectivity index (χ1v) is 6.62. The SMILES string of the molecule is O=C(O)COc1ccc(/C=N/NC(=O)c2ccccc2O)cc1. The molecule has 0 heterocycles. The van der Waals surface area contributed by atoms with Crippen molar-refractivity contribution in [2.45, 2.75) is 0 Å². The molecule has 0 fully saturated rings. The topological polar surface area (TPSA) is 108 Å². The Morgan fingerprint density at radius 3 is 2.48 bits per heavy atom. The summed E-state index contributed by atoms with van der Waals surface area (Å²) < 4.78 is 4.99. The van der Waals surface area contributed by atoms with E-state index < -0.39 is 18.5 Å². The van der Waals surface area contributed by atoms with Crippen LogP contribution < -0.4 is 10.2 Å². The standard InChI is InChI=1S/C16H14N2O5/c19-14-4-2-1-3-13(14)16(22)18-17-9-11-5-7-12(8-6-11)23-10-15(20)21/h1-9,19H,10H2,(H,18,22)(H,20,21)/b17-9+. The first kappa shape index (κ1) is 16.0. The van der Waals surface area contributed by atoms with Crippen molar-refractivity contribution in [3.8, 4) is 11.5 Å². The van der Waals surface area contributed by atoms with E-state index in [1.165, 1.54) is 18.3 Å². The number of rotatable bonds is 6. The number of carbonyl (C=O) groups is 2. The highest BCUT2D eigenvalue weighted by Gasteiger charge is 2.08. The fourth-order valence-corrected chi connectivity index (χ4v) is 1.69. The number of carbonyl (C=O) groups excluding carboxylic acids is 1. The number of phenolic OH excluding ortho intramolecular Hbond substituents is 1. The Kier molecular flexibility index (Phi) is 5.30. The van der Waals surface area contributed by atoms with E-state index in [-0.39, 0.29) is 11.3 Å². The number of ether oxygens (including phenoxy) is 1. The maximum absolute atomic E-state index is 11.8. The van der Waals surface area contributed by atoms with Crippen molar-refractivity contribution in [1.29, 1.82) is 0 Å². The molecular formula is C16H14N2O5. The summed E-state index contributed by atoms with van der Waals surface area (Å²) in [5.41, 5.74) is 3.12. The van der Waals surface area contributed by atoms with Gasteiger partial charge >= 0.3 is 5.97 Å². The Morgan fingerprint density at radius 2 is 1.83 bits per heavy atom. The van der Waals surface area contributed by atoms with Gasteiger partial charge in [-0.15, -0.1) is 0 Å². The lowest BCUT2D eigenvalue weighted by molar-refractivity contribution is -0.139. The van der Waals surface area contributed by atoms with Gasteiger partial charge in [0.2, 0.25) is 0 Å². The van der Waals surface area contributed by atoms with Crippen LogP contribution in [0.1, 0.15) is 15.9 Å². The summed E-state index contributed by atoms with van der Waals surface area (Å²) in [6.07, 6.45) is 1.42. The van der Waals surface area contributed by atoms with Crippen LogP contribution in [0.5, 0.6) is 11.5 Å². The highest BCUT2D eigenvalue weighted by molar-refractivity contribution is 5.97. The van der Waals surface area contributed by atoms with Crippen molar-refractivity contribution in [2.75, 3.05) is 6.61 Å². The summed E-state index contributed by atoms with van der Waals surface area (Å²) in [7, 11) is 0. The molecule has 0 bridgehead atoms. The van der Waals surface area contributed by atoms with Crippen LogP contribution in [0.4, 0.5) is 0 Å². The minimum absolute atomic E-state index is 0.125. The molecule has 0 aromatic heterocycles. The molecule has 0 radical (unpaired) electrons. The Hall–Kier alpha value is -3.35. The van der Waals surface area contributed by atoms with Gasteiger partial charge in [0.1, 0.15) is 11.5 Å². The Balaban J connectivity index is 1.92. The van der Waals surface area contributed by atoms with Crippen molar-refractivity contribution < 1.29 is 24.5 Å². The van der Waals surface area contributed by atoms with Crippen molar-refractivity contribution in [3.63, 3.8) is 0 Å². The second-order valence-electron chi connectivity index (χ2n) is 4.47. The molecule has 118 valence electrons.